The number of rotatable bonds is 6. The normalized spacial score (nSPS) is 9.70. The quantitative estimate of drug-likeness (QED) is 0.607. The highest BCUT2D eigenvalue weighted by Gasteiger charge is 1.94. The van der Waals surface area contributed by atoms with Gasteiger partial charge in [-0.15, -0.1) is 0 Å². The Labute approximate surface area is 66.0 Å². The number of unbranched alkanes of at least 4 members (excludes halogenated alkanes) is 2. The maximum absolute atomic E-state index is 10.0. The van der Waals surface area contributed by atoms with E-state index in [9.17, 15) is 4.79 Å². The minimum atomic E-state index is -0.677. The van der Waals surface area contributed by atoms with Gasteiger partial charge in [0.1, 0.15) is 0 Å². The number of carboxylic acids is 1. The Balaban J connectivity index is 2.84. The van der Waals surface area contributed by atoms with Gasteiger partial charge in [-0.1, -0.05) is 6.42 Å². The molecule has 3 heteroatoms. The minimum absolute atomic E-state index is 0.328. The third-order valence-corrected chi connectivity index (χ3v) is 1.94. The molecule has 0 heterocycles. The van der Waals surface area contributed by atoms with Crippen LogP contribution in [0.2, 0.25) is 0 Å². The molecule has 0 unspecified atom stereocenters. The molecule has 0 bridgehead atoms. The van der Waals surface area contributed by atoms with E-state index in [1.807, 2.05) is 11.8 Å². The van der Waals surface area contributed by atoms with Gasteiger partial charge < -0.3 is 5.11 Å². The molecule has 60 valence electrons. The largest absolute Gasteiger partial charge is 0.481 e. The molecule has 0 amide bonds. The third kappa shape index (κ3) is 7.82. The first kappa shape index (κ1) is 9.82. The van der Waals surface area contributed by atoms with Crippen LogP contribution in [-0.2, 0) is 4.79 Å². The van der Waals surface area contributed by atoms with Gasteiger partial charge in [-0.25, -0.2) is 0 Å². The first-order valence-corrected chi connectivity index (χ1v) is 4.87. The van der Waals surface area contributed by atoms with Gasteiger partial charge >= 0.3 is 5.97 Å². The summed E-state index contributed by atoms with van der Waals surface area (Å²) in [6.45, 7) is 0. The van der Waals surface area contributed by atoms with Crippen LogP contribution in [0.25, 0.3) is 0 Å². The van der Waals surface area contributed by atoms with Gasteiger partial charge in [0.2, 0.25) is 0 Å². The Hall–Kier alpha value is -0.180. The monoisotopic (exact) mass is 162 g/mol. The van der Waals surface area contributed by atoms with Crippen molar-refractivity contribution in [2.75, 3.05) is 12.0 Å². The van der Waals surface area contributed by atoms with Gasteiger partial charge in [0.25, 0.3) is 0 Å². The van der Waals surface area contributed by atoms with E-state index in [4.69, 9.17) is 5.11 Å². The summed E-state index contributed by atoms with van der Waals surface area (Å²) in [4.78, 5) is 10.0. The molecule has 0 aliphatic rings. The maximum atomic E-state index is 10.0. The van der Waals surface area contributed by atoms with Crippen LogP contribution in [0.15, 0.2) is 0 Å². The molecule has 10 heavy (non-hydrogen) atoms. The Morgan fingerprint density at radius 3 is 2.60 bits per heavy atom. The molecule has 0 saturated carbocycles. The van der Waals surface area contributed by atoms with Crippen LogP contribution in [0, 0.1) is 0 Å². The summed E-state index contributed by atoms with van der Waals surface area (Å²) in [6.07, 6.45) is 5.42. The molecule has 1 N–H and O–H groups in total. The zero-order chi connectivity index (χ0) is 7.82. The Bertz CT molecular complexity index is 93.6. The standard InChI is InChI=1S/C7H14O2S/c1-10-6-4-2-3-5-7(8)9/h2-6H2,1H3,(H,8,9). The van der Waals surface area contributed by atoms with Gasteiger partial charge in [0.05, 0.1) is 0 Å². The topological polar surface area (TPSA) is 37.3 Å². The van der Waals surface area contributed by atoms with Crippen molar-refractivity contribution in [3.8, 4) is 0 Å². The van der Waals surface area contributed by atoms with Crippen LogP contribution in [-0.4, -0.2) is 23.1 Å². The Kier molecular flexibility index (Phi) is 6.81. The van der Waals surface area contributed by atoms with E-state index < -0.39 is 5.97 Å². The highest BCUT2D eigenvalue weighted by Crippen LogP contribution is 2.03. The van der Waals surface area contributed by atoms with Crippen LogP contribution >= 0.6 is 11.8 Å². The first-order valence-electron chi connectivity index (χ1n) is 3.48. The Morgan fingerprint density at radius 1 is 1.40 bits per heavy atom. The molecule has 0 aromatic rings. The molecule has 0 atom stereocenters. The summed E-state index contributed by atoms with van der Waals surface area (Å²) in [5, 5.41) is 8.26. The van der Waals surface area contributed by atoms with E-state index in [0.29, 0.717) is 6.42 Å². The average Bonchev–Trinajstić information content (AvgIpc) is 1.87. The summed E-state index contributed by atoms with van der Waals surface area (Å²) in [7, 11) is 0. The highest BCUT2D eigenvalue weighted by molar-refractivity contribution is 7.98. The maximum Gasteiger partial charge on any atom is 0.303 e. The van der Waals surface area contributed by atoms with Crippen LogP contribution in [0.4, 0.5) is 0 Å². The second-order valence-corrected chi connectivity index (χ2v) is 3.18. The van der Waals surface area contributed by atoms with E-state index in [2.05, 4.69) is 6.26 Å². The number of thioether (sulfide) groups is 1. The molecule has 0 spiro atoms. The van der Waals surface area contributed by atoms with Gasteiger partial charge in [0.15, 0.2) is 0 Å². The molecular formula is C7H14O2S. The summed E-state index contributed by atoms with van der Waals surface area (Å²) in [5.41, 5.74) is 0. The summed E-state index contributed by atoms with van der Waals surface area (Å²) >= 11 is 1.81. The summed E-state index contributed by atoms with van der Waals surface area (Å²) < 4.78 is 0. The van der Waals surface area contributed by atoms with Gasteiger partial charge in [0, 0.05) is 6.42 Å². The van der Waals surface area contributed by atoms with Crippen molar-refractivity contribution in [3.05, 3.63) is 0 Å². The van der Waals surface area contributed by atoms with Crippen LogP contribution in [0.1, 0.15) is 25.7 Å². The lowest BCUT2D eigenvalue weighted by Gasteiger charge is -1.95. The van der Waals surface area contributed by atoms with Crippen molar-refractivity contribution < 1.29 is 9.90 Å². The molecule has 0 aromatic heterocycles. The number of carboxylic acid groups (broad SMARTS) is 1. The van der Waals surface area contributed by atoms with E-state index in [1.165, 1.54) is 0 Å². The van der Waals surface area contributed by atoms with Crippen LogP contribution in [0.5, 0.6) is 0 Å². The fraction of sp³-hybridized carbons (Fsp3) is 0.857. The number of aliphatic carboxylic acids is 1. The van der Waals surface area contributed by atoms with Gasteiger partial charge in [-0.3, -0.25) is 4.79 Å². The average molecular weight is 162 g/mol. The molecule has 0 fully saturated rings. The summed E-state index contributed by atoms with van der Waals surface area (Å²) in [5.74, 6) is 0.476. The number of carbonyl (C=O) groups is 1. The fourth-order valence-electron chi connectivity index (χ4n) is 0.699. The van der Waals surface area contributed by atoms with Crippen LogP contribution in [0.3, 0.4) is 0 Å². The van der Waals surface area contributed by atoms with Crippen molar-refractivity contribution in [3.63, 3.8) is 0 Å². The van der Waals surface area contributed by atoms with Crippen molar-refractivity contribution in [2.45, 2.75) is 25.7 Å². The number of hydrogen-bond donors (Lipinski definition) is 1. The molecule has 0 radical (unpaired) electrons. The van der Waals surface area contributed by atoms with Gasteiger partial charge in [-0.2, -0.15) is 11.8 Å². The van der Waals surface area contributed by atoms with Crippen molar-refractivity contribution >= 4 is 17.7 Å². The SMILES string of the molecule is CSCCCCCC(=O)O. The zero-order valence-electron chi connectivity index (χ0n) is 6.30. The molecule has 0 saturated heterocycles. The van der Waals surface area contributed by atoms with E-state index >= 15 is 0 Å². The van der Waals surface area contributed by atoms with Crippen molar-refractivity contribution in [2.24, 2.45) is 0 Å². The van der Waals surface area contributed by atoms with E-state index in [1.54, 1.807) is 0 Å². The zero-order valence-corrected chi connectivity index (χ0v) is 7.12. The van der Waals surface area contributed by atoms with Gasteiger partial charge in [-0.05, 0) is 24.9 Å². The molecule has 0 rings (SSSR count). The van der Waals surface area contributed by atoms with E-state index in [0.717, 1.165) is 25.0 Å². The molecule has 0 aliphatic carbocycles. The lowest BCUT2D eigenvalue weighted by molar-refractivity contribution is -0.137. The molecule has 0 aromatic carbocycles. The van der Waals surface area contributed by atoms with Crippen LogP contribution < -0.4 is 0 Å². The predicted octanol–water partition coefficient (Wildman–Crippen LogP) is 1.99. The highest BCUT2D eigenvalue weighted by atomic mass is 32.2. The first-order chi connectivity index (χ1) is 4.77. The summed E-state index contributed by atoms with van der Waals surface area (Å²) in [6, 6.07) is 0. The van der Waals surface area contributed by atoms with Crippen molar-refractivity contribution in [1.82, 2.24) is 0 Å². The smallest absolute Gasteiger partial charge is 0.303 e. The lowest BCUT2D eigenvalue weighted by atomic mass is 10.2. The predicted molar refractivity (Wildman–Crippen MR) is 44.5 cm³/mol. The fourth-order valence-corrected chi connectivity index (χ4v) is 1.19. The minimum Gasteiger partial charge on any atom is -0.481 e. The Morgan fingerprint density at radius 2 is 2.10 bits per heavy atom. The number of hydrogen-bond acceptors (Lipinski definition) is 2. The molecule has 2 nitrogen and oxygen atoms in total. The second-order valence-electron chi connectivity index (χ2n) is 2.20. The van der Waals surface area contributed by atoms with Crippen molar-refractivity contribution in [1.29, 1.82) is 0 Å². The van der Waals surface area contributed by atoms with E-state index in [-0.39, 0.29) is 0 Å². The molecular weight excluding hydrogens is 148 g/mol. The lowest BCUT2D eigenvalue weighted by Crippen LogP contribution is -1.93. The molecule has 0 aliphatic heterocycles. The second kappa shape index (κ2) is 6.93. The third-order valence-electron chi connectivity index (χ3n) is 1.24.